The largest absolute Gasteiger partial charge is 0.425 e. The van der Waals surface area contributed by atoms with Crippen molar-refractivity contribution >= 4 is 17.9 Å². The Morgan fingerprint density at radius 1 is 1.15 bits per heavy atom. The number of esters is 1. The van der Waals surface area contributed by atoms with Gasteiger partial charge in [0, 0.05) is 0 Å². The summed E-state index contributed by atoms with van der Waals surface area (Å²) in [6.07, 6.45) is 1.21. The van der Waals surface area contributed by atoms with Crippen LogP contribution >= 0.6 is 0 Å². The first-order valence-corrected chi connectivity index (χ1v) is 8.90. The van der Waals surface area contributed by atoms with Gasteiger partial charge in [-0.05, 0) is 61.1 Å². The summed E-state index contributed by atoms with van der Waals surface area (Å²) < 4.78 is 5.34. The van der Waals surface area contributed by atoms with Crippen LogP contribution in [0.15, 0.2) is 42.5 Å². The highest BCUT2D eigenvalue weighted by Crippen LogP contribution is 2.41. The molecule has 1 spiro atoms. The quantitative estimate of drug-likeness (QED) is 0.516. The summed E-state index contributed by atoms with van der Waals surface area (Å²) >= 11 is 0. The van der Waals surface area contributed by atoms with E-state index in [-0.39, 0.29) is 0 Å². The van der Waals surface area contributed by atoms with Crippen molar-refractivity contribution in [3.05, 3.63) is 64.7 Å². The molecule has 1 aliphatic carbocycles. The van der Waals surface area contributed by atoms with Crippen LogP contribution in [0.3, 0.4) is 0 Å². The van der Waals surface area contributed by atoms with Crippen molar-refractivity contribution in [2.75, 3.05) is 6.54 Å². The molecule has 4 rings (SSSR count). The average molecular weight is 364 g/mol. The first-order valence-electron chi connectivity index (χ1n) is 8.90. The van der Waals surface area contributed by atoms with Gasteiger partial charge in [0.2, 0.25) is 0 Å². The third-order valence-electron chi connectivity index (χ3n) is 5.14. The van der Waals surface area contributed by atoms with Crippen LogP contribution in [0.1, 0.15) is 28.7 Å². The Morgan fingerprint density at radius 2 is 1.85 bits per heavy atom. The lowest BCUT2D eigenvalue weighted by atomic mass is 9.92. The molecule has 2 aromatic rings. The maximum absolute atomic E-state index is 13.0. The third-order valence-corrected chi connectivity index (χ3v) is 5.14. The predicted octanol–water partition coefficient (Wildman–Crippen LogP) is 2.60. The number of benzene rings is 2. The Hall–Kier alpha value is -3.15. The Kier molecular flexibility index (Phi) is 3.98. The zero-order valence-electron chi connectivity index (χ0n) is 15.2. The number of amides is 3. The minimum atomic E-state index is -1.06. The molecular formula is C21H20N2O4. The van der Waals surface area contributed by atoms with E-state index >= 15 is 0 Å². The fourth-order valence-corrected chi connectivity index (χ4v) is 4.02. The number of nitrogens with one attached hydrogen (secondary N) is 1. The van der Waals surface area contributed by atoms with Crippen LogP contribution < -0.4 is 10.1 Å². The summed E-state index contributed by atoms with van der Waals surface area (Å²) in [6, 6.07) is 12.5. The molecule has 1 heterocycles. The van der Waals surface area contributed by atoms with Crippen molar-refractivity contribution in [2.45, 2.75) is 32.2 Å². The van der Waals surface area contributed by atoms with Crippen molar-refractivity contribution in [1.29, 1.82) is 0 Å². The Labute approximate surface area is 157 Å². The van der Waals surface area contributed by atoms with E-state index in [1.165, 1.54) is 0 Å². The number of ether oxygens (including phenoxy) is 1. The summed E-state index contributed by atoms with van der Waals surface area (Å²) in [5, 5.41) is 2.80. The van der Waals surface area contributed by atoms with Gasteiger partial charge in [0.15, 0.2) is 0 Å². The van der Waals surface area contributed by atoms with E-state index in [0.29, 0.717) is 18.6 Å². The van der Waals surface area contributed by atoms with Crippen LogP contribution in [-0.2, 0) is 21.5 Å². The average Bonchev–Trinajstić information content (AvgIpc) is 3.08. The molecule has 1 unspecified atom stereocenters. The summed E-state index contributed by atoms with van der Waals surface area (Å²) in [4.78, 5) is 38.8. The SMILES string of the molecule is Cc1cc(C)cc(OC(=O)CN2C(=O)NC3(CCc4ccccc43)C2=O)c1. The number of carbonyl (C=O) groups is 3. The van der Waals surface area contributed by atoms with Crippen LogP contribution in [0.5, 0.6) is 5.75 Å². The summed E-state index contributed by atoms with van der Waals surface area (Å²) in [6.45, 7) is 3.40. The Morgan fingerprint density at radius 3 is 2.59 bits per heavy atom. The first-order chi connectivity index (χ1) is 12.9. The Bertz CT molecular complexity index is 948. The molecule has 1 fully saturated rings. The fourth-order valence-electron chi connectivity index (χ4n) is 4.02. The minimum absolute atomic E-state index is 0.394. The maximum atomic E-state index is 13.0. The van der Waals surface area contributed by atoms with E-state index in [9.17, 15) is 14.4 Å². The number of aryl methyl sites for hydroxylation is 3. The summed E-state index contributed by atoms with van der Waals surface area (Å²) in [5.74, 6) is -0.632. The van der Waals surface area contributed by atoms with Crippen LogP contribution in [0, 0.1) is 13.8 Å². The van der Waals surface area contributed by atoms with Gasteiger partial charge in [-0.3, -0.25) is 9.69 Å². The second kappa shape index (κ2) is 6.23. The van der Waals surface area contributed by atoms with E-state index in [4.69, 9.17) is 4.74 Å². The van der Waals surface area contributed by atoms with E-state index in [0.717, 1.165) is 27.2 Å². The van der Waals surface area contributed by atoms with E-state index in [1.54, 1.807) is 12.1 Å². The molecule has 1 atom stereocenters. The molecular weight excluding hydrogens is 344 g/mol. The lowest BCUT2D eigenvalue weighted by Gasteiger charge is -2.22. The standard InChI is InChI=1S/C21H20N2O4/c1-13-9-14(2)11-16(10-13)27-18(24)12-23-19(25)21(22-20(23)26)8-7-15-5-3-4-6-17(15)21/h3-6,9-11H,7-8,12H2,1-2H3,(H,22,26). The number of fused-ring (bicyclic) bond motifs is 2. The molecule has 3 amide bonds. The van der Waals surface area contributed by atoms with E-state index < -0.39 is 30.0 Å². The van der Waals surface area contributed by atoms with Gasteiger partial charge in [-0.1, -0.05) is 30.3 Å². The van der Waals surface area contributed by atoms with Crippen LogP contribution in [0.25, 0.3) is 0 Å². The molecule has 6 nitrogen and oxygen atoms in total. The zero-order chi connectivity index (χ0) is 19.2. The topological polar surface area (TPSA) is 75.7 Å². The first kappa shape index (κ1) is 17.3. The normalized spacial score (nSPS) is 20.7. The molecule has 138 valence electrons. The lowest BCUT2D eigenvalue weighted by Crippen LogP contribution is -2.42. The van der Waals surface area contributed by atoms with Gasteiger partial charge in [-0.2, -0.15) is 0 Å². The van der Waals surface area contributed by atoms with Crippen LogP contribution in [-0.4, -0.2) is 29.4 Å². The molecule has 2 aromatic carbocycles. The van der Waals surface area contributed by atoms with Crippen molar-refractivity contribution in [1.82, 2.24) is 10.2 Å². The van der Waals surface area contributed by atoms with Gasteiger partial charge >= 0.3 is 12.0 Å². The van der Waals surface area contributed by atoms with Crippen molar-refractivity contribution < 1.29 is 19.1 Å². The molecule has 27 heavy (non-hydrogen) atoms. The van der Waals surface area contributed by atoms with Crippen molar-refractivity contribution in [3.8, 4) is 5.75 Å². The van der Waals surface area contributed by atoms with Gasteiger partial charge in [0.25, 0.3) is 5.91 Å². The zero-order valence-corrected chi connectivity index (χ0v) is 15.2. The molecule has 0 saturated carbocycles. The highest BCUT2D eigenvalue weighted by atomic mass is 16.5. The molecule has 1 aliphatic heterocycles. The highest BCUT2D eigenvalue weighted by Gasteiger charge is 2.55. The molecule has 0 bridgehead atoms. The maximum Gasteiger partial charge on any atom is 0.331 e. The van der Waals surface area contributed by atoms with Crippen LogP contribution in [0.4, 0.5) is 4.79 Å². The smallest absolute Gasteiger partial charge is 0.331 e. The van der Waals surface area contributed by atoms with Crippen LogP contribution in [0.2, 0.25) is 0 Å². The second-order valence-electron chi connectivity index (χ2n) is 7.18. The van der Waals surface area contributed by atoms with Gasteiger partial charge < -0.3 is 10.1 Å². The number of carbonyl (C=O) groups excluding carboxylic acids is 3. The molecule has 2 aliphatic rings. The molecule has 1 saturated heterocycles. The third kappa shape index (κ3) is 2.87. The number of urea groups is 1. The number of imide groups is 1. The van der Waals surface area contributed by atoms with Crippen molar-refractivity contribution in [2.24, 2.45) is 0 Å². The van der Waals surface area contributed by atoms with Gasteiger partial charge in [0.05, 0.1) is 0 Å². The molecule has 0 radical (unpaired) electrons. The lowest BCUT2D eigenvalue weighted by molar-refractivity contribution is -0.141. The Balaban J connectivity index is 1.53. The van der Waals surface area contributed by atoms with Crippen molar-refractivity contribution in [3.63, 3.8) is 0 Å². The van der Waals surface area contributed by atoms with Gasteiger partial charge in [-0.25, -0.2) is 9.59 Å². The minimum Gasteiger partial charge on any atom is -0.425 e. The number of hydrogen-bond donors (Lipinski definition) is 1. The summed E-state index contributed by atoms with van der Waals surface area (Å²) in [7, 11) is 0. The molecule has 1 N–H and O–H groups in total. The number of rotatable bonds is 3. The monoisotopic (exact) mass is 364 g/mol. The van der Waals surface area contributed by atoms with Gasteiger partial charge in [0.1, 0.15) is 17.8 Å². The second-order valence-corrected chi connectivity index (χ2v) is 7.18. The number of nitrogens with zero attached hydrogens (tertiary/aromatic N) is 1. The highest BCUT2D eigenvalue weighted by molar-refractivity contribution is 6.09. The fraction of sp³-hybridized carbons (Fsp3) is 0.286. The number of hydrogen-bond acceptors (Lipinski definition) is 4. The molecule has 0 aromatic heterocycles. The van der Waals surface area contributed by atoms with E-state index in [2.05, 4.69) is 5.32 Å². The predicted molar refractivity (Wildman–Crippen MR) is 98.2 cm³/mol. The molecule has 6 heteroatoms. The summed E-state index contributed by atoms with van der Waals surface area (Å²) in [5.41, 5.74) is 2.73. The van der Waals surface area contributed by atoms with Gasteiger partial charge in [-0.15, -0.1) is 0 Å². The van der Waals surface area contributed by atoms with E-state index in [1.807, 2.05) is 44.2 Å².